The van der Waals surface area contributed by atoms with E-state index in [1.807, 2.05) is 14.1 Å². The molecule has 0 heterocycles. The Morgan fingerprint density at radius 2 is 1.67 bits per heavy atom. The third-order valence-corrected chi connectivity index (χ3v) is 4.43. The van der Waals surface area contributed by atoms with Gasteiger partial charge in [-0.15, -0.1) is 0 Å². The molecule has 1 saturated carbocycles. The van der Waals surface area contributed by atoms with Crippen molar-refractivity contribution in [2.24, 2.45) is 10.4 Å². The van der Waals surface area contributed by atoms with Crippen molar-refractivity contribution in [1.29, 1.82) is 0 Å². The molecule has 0 spiro atoms. The van der Waals surface area contributed by atoms with Crippen LogP contribution in [0.1, 0.15) is 39.0 Å². The van der Waals surface area contributed by atoms with Crippen LogP contribution < -0.4 is 10.6 Å². The normalized spacial score (nSPS) is 16.6. The molecule has 0 aliphatic heterocycles. The van der Waals surface area contributed by atoms with Gasteiger partial charge in [-0.1, -0.05) is 19.8 Å². The molecule has 1 rings (SSSR count). The SMILES string of the molecule is CCCNC(=NCC(=O)N(C)C)NCC1(C(=O)N(C)C)CCCC1. The maximum Gasteiger partial charge on any atom is 0.243 e. The highest BCUT2D eigenvalue weighted by Gasteiger charge is 2.42. The van der Waals surface area contributed by atoms with Crippen LogP contribution in [0.4, 0.5) is 0 Å². The van der Waals surface area contributed by atoms with Gasteiger partial charge in [0.15, 0.2) is 5.96 Å². The number of nitrogens with one attached hydrogen (secondary N) is 2. The Morgan fingerprint density at radius 3 is 2.17 bits per heavy atom. The van der Waals surface area contributed by atoms with E-state index in [0.717, 1.165) is 38.6 Å². The number of hydrogen-bond donors (Lipinski definition) is 2. The number of carbonyl (C=O) groups is 2. The lowest BCUT2D eigenvalue weighted by molar-refractivity contribution is -0.138. The molecule has 2 amide bonds. The summed E-state index contributed by atoms with van der Waals surface area (Å²) in [4.78, 5) is 31.9. The molecule has 138 valence electrons. The van der Waals surface area contributed by atoms with Gasteiger partial charge in [0.05, 0.1) is 5.41 Å². The van der Waals surface area contributed by atoms with Crippen LogP contribution in [-0.4, -0.2) is 75.4 Å². The number of guanidine groups is 1. The van der Waals surface area contributed by atoms with Crippen molar-refractivity contribution in [3.63, 3.8) is 0 Å². The number of nitrogens with zero attached hydrogens (tertiary/aromatic N) is 3. The maximum absolute atomic E-state index is 12.6. The molecular weight excluding hydrogens is 306 g/mol. The van der Waals surface area contributed by atoms with Gasteiger partial charge in [0.25, 0.3) is 0 Å². The lowest BCUT2D eigenvalue weighted by Crippen LogP contribution is -2.49. The molecule has 0 saturated heterocycles. The summed E-state index contributed by atoms with van der Waals surface area (Å²) in [6, 6.07) is 0. The van der Waals surface area contributed by atoms with Crippen molar-refractivity contribution in [2.75, 3.05) is 47.8 Å². The van der Waals surface area contributed by atoms with Gasteiger partial charge < -0.3 is 20.4 Å². The summed E-state index contributed by atoms with van der Waals surface area (Å²) in [5.41, 5.74) is -0.357. The highest BCUT2D eigenvalue weighted by Crippen LogP contribution is 2.38. The van der Waals surface area contributed by atoms with Gasteiger partial charge in [0, 0.05) is 41.3 Å². The van der Waals surface area contributed by atoms with E-state index in [1.54, 1.807) is 19.0 Å². The Labute approximate surface area is 145 Å². The van der Waals surface area contributed by atoms with Gasteiger partial charge in [-0.25, -0.2) is 4.99 Å². The summed E-state index contributed by atoms with van der Waals surface area (Å²) in [6.07, 6.45) is 4.91. The summed E-state index contributed by atoms with van der Waals surface area (Å²) in [5.74, 6) is 0.726. The third kappa shape index (κ3) is 5.69. The molecule has 1 aliphatic rings. The molecule has 24 heavy (non-hydrogen) atoms. The lowest BCUT2D eigenvalue weighted by atomic mass is 9.84. The monoisotopic (exact) mass is 339 g/mol. The number of hydrogen-bond acceptors (Lipinski definition) is 3. The van der Waals surface area contributed by atoms with Crippen LogP contribution in [-0.2, 0) is 9.59 Å². The second-order valence-electron chi connectivity index (χ2n) is 6.92. The molecule has 0 unspecified atom stereocenters. The average Bonchev–Trinajstić information content (AvgIpc) is 3.02. The van der Waals surface area contributed by atoms with Crippen molar-refractivity contribution in [1.82, 2.24) is 20.4 Å². The molecule has 0 radical (unpaired) electrons. The third-order valence-electron chi connectivity index (χ3n) is 4.43. The molecule has 2 N–H and O–H groups in total. The van der Waals surface area contributed by atoms with E-state index in [0.29, 0.717) is 12.5 Å². The fraction of sp³-hybridized carbons (Fsp3) is 0.824. The van der Waals surface area contributed by atoms with Crippen LogP contribution in [0.3, 0.4) is 0 Å². The Bertz CT molecular complexity index is 454. The number of carbonyl (C=O) groups excluding carboxylic acids is 2. The van der Waals surface area contributed by atoms with E-state index in [1.165, 1.54) is 4.90 Å². The summed E-state index contributed by atoms with van der Waals surface area (Å²) >= 11 is 0. The summed E-state index contributed by atoms with van der Waals surface area (Å²) in [7, 11) is 7.05. The van der Waals surface area contributed by atoms with E-state index < -0.39 is 0 Å². The topological polar surface area (TPSA) is 77.0 Å². The van der Waals surface area contributed by atoms with E-state index in [9.17, 15) is 9.59 Å². The zero-order chi connectivity index (χ0) is 18.2. The van der Waals surface area contributed by atoms with Crippen LogP contribution in [0.15, 0.2) is 4.99 Å². The highest BCUT2D eigenvalue weighted by molar-refractivity contribution is 5.86. The van der Waals surface area contributed by atoms with Gasteiger partial charge in [-0.3, -0.25) is 9.59 Å². The van der Waals surface area contributed by atoms with E-state index in [4.69, 9.17) is 0 Å². The Morgan fingerprint density at radius 1 is 1.04 bits per heavy atom. The minimum Gasteiger partial charge on any atom is -0.356 e. The van der Waals surface area contributed by atoms with Gasteiger partial charge >= 0.3 is 0 Å². The largest absolute Gasteiger partial charge is 0.356 e. The average molecular weight is 339 g/mol. The summed E-state index contributed by atoms with van der Waals surface area (Å²) < 4.78 is 0. The van der Waals surface area contributed by atoms with Crippen LogP contribution in [0.25, 0.3) is 0 Å². The van der Waals surface area contributed by atoms with Gasteiger partial charge in [-0.05, 0) is 19.3 Å². The summed E-state index contributed by atoms with van der Waals surface area (Å²) in [5, 5.41) is 6.50. The molecule has 0 bridgehead atoms. The molecule has 1 aliphatic carbocycles. The molecular formula is C17H33N5O2. The molecule has 0 atom stereocenters. The molecule has 7 nitrogen and oxygen atoms in total. The standard InChI is InChI=1S/C17H33N5O2/c1-6-11-18-16(19-12-14(23)21(2)3)20-13-17(9-7-8-10-17)15(24)22(4)5/h6-13H2,1-5H3,(H2,18,19,20). The zero-order valence-corrected chi connectivity index (χ0v) is 15.8. The Balaban J connectivity index is 2.76. The Hall–Kier alpha value is -1.79. The van der Waals surface area contributed by atoms with Crippen molar-refractivity contribution in [3.05, 3.63) is 0 Å². The van der Waals surface area contributed by atoms with Crippen molar-refractivity contribution >= 4 is 17.8 Å². The first-order valence-corrected chi connectivity index (χ1v) is 8.76. The van der Waals surface area contributed by atoms with E-state index in [-0.39, 0.29) is 23.8 Å². The second kappa shape index (κ2) is 9.49. The quantitative estimate of drug-likeness (QED) is 0.528. The highest BCUT2D eigenvalue weighted by atomic mass is 16.2. The molecule has 0 aromatic carbocycles. The van der Waals surface area contributed by atoms with Gasteiger partial charge in [0.2, 0.25) is 11.8 Å². The van der Waals surface area contributed by atoms with Crippen molar-refractivity contribution in [2.45, 2.75) is 39.0 Å². The number of likely N-dealkylation sites (N-methyl/N-ethyl adjacent to an activating group) is 1. The number of rotatable bonds is 7. The number of amides is 2. The molecule has 0 aromatic heterocycles. The fourth-order valence-corrected chi connectivity index (χ4v) is 2.95. The van der Waals surface area contributed by atoms with Crippen LogP contribution >= 0.6 is 0 Å². The fourth-order valence-electron chi connectivity index (χ4n) is 2.95. The first-order chi connectivity index (χ1) is 11.3. The van der Waals surface area contributed by atoms with Gasteiger partial charge in [-0.2, -0.15) is 0 Å². The lowest BCUT2D eigenvalue weighted by Gasteiger charge is -2.31. The molecule has 1 fully saturated rings. The number of aliphatic imine (C=N–C) groups is 1. The molecule has 7 heteroatoms. The van der Waals surface area contributed by atoms with E-state index in [2.05, 4.69) is 22.5 Å². The van der Waals surface area contributed by atoms with Gasteiger partial charge in [0.1, 0.15) is 6.54 Å². The maximum atomic E-state index is 12.6. The van der Waals surface area contributed by atoms with Crippen LogP contribution in [0, 0.1) is 5.41 Å². The van der Waals surface area contributed by atoms with Crippen LogP contribution in [0.2, 0.25) is 0 Å². The smallest absolute Gasteiger partial charge is 0.243 e. The zero-order valence-electron chi connectivity index (χ0n) is 15.8. The minimum absolute atomic E-state index is 0.0486. The minimum atomic E-state index is -0.357. The first kappa shape index (κ1) is 20.3. The van der Waals surface area contributed by atoms with Crippen molar-refractivity contribution in [3.8, 4) is 0 Å². The Kier molecular flexibility index (Phi) is 8.01. The van der Waals surface area contributed by atoms with E-state index >= 15 is 0 Å². The second-order valence-corrected chi connectivity index (χ2v) is 6.92. The predicted molar refractivity (Wildman–Crippen MR) is 96.9 cm³/mol. The summed E-state index contributed by atoms with van der Waals surface area (Å²) in [6.45, 7) is 3.50. The predicted octanol–water partition coefficient (Wildman–Crippen LogP) is 0.668. The van der Waals surface area contributed by atoms with Crippen LogP contribution in [0.5, 0.6) is 0 Å². The first-order valence-electron chi connectivity index (χ1n) is 8.76. The van der Waals surface area contributed by atoms with Crippen molar-refractivity contribution < 1.29 is 9.59 Å². The molecule has 0 aromatic rings.